The molecule has 0 unspecified atom stereocenters. The van der Waals surface area contributed by atoms with E-state index < -0.39 is 0 Å². The van der Waals surface area contributed by atoms with Crippen molar-refractivity contribution in [3.05, 3.63) is 33.2 Å². The molecule has 0 aliphatic heterocycles. The predicted molar refractivity (Wildman–Crippen MR) is 60.5 cm³/mol. The van der Waals surface area contributed by atoms with Gasteiger partial charge in [-0.1, -0.05) is 19.1 Å². The molecule has 0 bridgehead atoms. The topological polar surface area (TPSA) is 57.8 Å². The maximum absolute atomic E-state index is 11.1. The average Bonchev–Trinajstić information content (AvgIpc) is 2.20. The highest BCUT2D eigenvalue weighted by molar-refractivity contribution is 9.10. The van der Waals surface area contributed by atoms with Crippen LogP contribution in [0.1, 0.15) is 13.3 Å². The Balaban J connectivity index is 2.73. The second-order valence-corrected chi connectivity index (χ2v) is 3.68. The number of hydrogen-bond donors (Lipinski definition) is 2. The zero-order valence-corrected chi connectivity index (χ0v) is 9.52. The number of hydrogen-bond acceptors (Lipinski definition) is 3. The second-order valence-electron chi connectivity index (χ2n) is 2.88. The fraction of sp³-hybridized carbons (Fsp3) is 0.333. The van der Waals surface area contributed by atoms with Crippen molar-refractivity contribution in [2.45, 2.75) is 13.3 Å². The van der Waals surface area contributed by atoms with E-state index in [2.05, 4.69) is 38.0 Å². The Labute approximate surface area is 90.6 Å². The maximum Gasteiger partial charge on any atom is 0.280 e. The summed E-state index contributed by atoms with van der Waals surface area (Å²) in [6.45, 7) is 6.55. The Hall–Kier alpha value is -1.10. The van der Waals surface area contributed by atoms with Gasteiger partial charge in [-0.15, -0.1) is 0 Å². The summed E-state index contributed by atoms with van der Waals surface area (Å²) in [6.07, 6.45) is 2.48. The summed E-state index contributed by atoms with van der Waals surface area (Å²) in [4.78, 5) is 11.1. The van der Waals surface area contributed by atoms with E-state index in [4.69, 9.17) is 0 Å². The summed E-state index contributed by atoms with van der Waals surface area (Å²) in [5.41, 5.74) is 1.53. The van der Waals surface area contributed by atoms with Gasteiger partial charge in [-0.05, 0) is 22.4 Å². The predicted octanol–water partition coefficient (Wildman–Crippen LogP) is 1.91. The molecule has 1 aromatic rings. The molecule has 0 saturated carbocycles. The van der Waals surface area contributed by atoms with Crippen molar-refractivity contribution < 1.29 is 0 Å². The van der Waals surface area contributed by atoms with Crippen molar-refractivity contribution >= 4 is 21.6 Å². The van der Waals surface area contributed by atoms with Crippen molar-refractivity contribution in [3.8, 4) is 0 Å². The van der Waals surface area contributed by atoms with Crippen molar-refractivity contribution in [3.63, 3.8) is 0 Å². The third-order valence-corrected chi connectivity index (χ3v) is 2.61. The number of nitrogens with one attached hydrogen (secondary N) is 2. The van der Waals surface area contributed by atoms with Crippen LogP contribution < -0.4 is 10.9 Å². The molecule has 76 valence electrons. The van der Waals surface area contributed by atoms with Crippen LogP contribution in [0.2, 0.25) is 0 Å². The van der Waals surface area contributed by atoms with Gasteiger partial charge >= 0.3 is 0 Å². The van der Waals surface area contributed by atoms with Crippen molar-refractivity contribution in [2.24, 2.45) is 0 Å². The van der Waals surface area contributed by atoms with E-state index in [9.17, 15) is 4.79 Å². The van der Waals surface area contributed by atoms with E-state index in [0.29, 0.717) is 16.7 Å². The summed E-state index contributed by atoms with van der Waals surface area (Å²) in [5.74, 6) is 0. The van der Waals surface area contributed by atoms with Crippen molar-refractivity contribution in [1.29, 1.82) is 0 Å². The molecular weight excluding hydrogens is 246 g/mol. The van der Waals surface area contributed by atoms with Crippen LogP contribution in [0.4, 0.5) is 5.69 Å². The third kappa shape index (κ3) is 2.70. The van der Waals surface area contributed by atoms with E-state index in [-0.39, 0.29) is 5.56 Å². The molecule has 2 N–H and O–H groups in total. The third-order valence-electron chi connectivity index (χ3n) is 1.82. The van der Waals surface area contributed by atoms with Gasteiger partial charge in [0.15, 0.2) is 0 Å². The largest absolute Gasteiger partial charge is 0.379 e. The lowest BCUT2D eigenvalue weighted by molar-refractivity contribution is 0.970. The standard InChI is InChI=1S/C9H12BrN3O/c1-3-6(2)4-11-7-5-12-13-9(14)8(7)10/h5H,2-4H2,1H3,(H2,11,13,14). The quantitative estimate of drug-likeness (QED) is 0.811. The van der Waals surface area contributed by atoms with Gasteiger partial charge in [-0.25, -0.2) is 5.10 Å². The first-order valence-corrected chi connectivity index (χ1v) is 5.08. The molecule has 0 aliphatic carbocycles. The molecule has 0 saturated heterocycles. The lowest BCUT2D eigenvalue weighted by Gasteiger charge is -2.07. The van der Waals surface area contributed by atoms with E-state index in [1.807, 2.05) is 6.92 Å². The van der Waals surface area contributed by atoms with Crippen molar-refractivity contribution in [2.75, 3.05) is 11.9 Å². The molecule has 0 aliphatic rings. The number of nitrogens with zero attached hydrogens (tertiary/aromatic N) is 1. The lowest BCUT2D eigenvalue weighted by atomic mass is 10.2. The molecule has 0 amide bonds. The van der Waals surface area contributed by atoms with E-state index >= 15 is 0 Å². The molecule has 14 heavy (non-hydrogen) atoms. The Morgan fingerprint density at radius 2 is 2.50 bits per heavy atom. The summed E-state index contributed by atoms with van der Waals surface area (Å²) in [7, 11) is 0. The highest BCUT2D eigenvalue weighted by Crippen LogP contribution is 2.15. The normalized spacial score (nSPS) is 9.86. The summed E-state index contributed by atoms with van der Waals surface area (Å²) >= 11 is 3.18. The SMILES string of the molecule is C=C(CC)CNc1cn[nH]c(=O)c1Br. The van der Waals surface area contributed by atoms with E-state index in [1.165, 1.54) is 0 Å². The Kier molecular flexibility index (Phi) is 3.88. The number of aromatic nitrogens is 2. The minimum Gasteiger partial charge on any atom is -0.379 e. The minimum absolute atomic E-state index is 0.239. The molecule has 0 atom stereocenters. The number of rotatable bonds is 4. The molecule has 5 heteroatoms. The van der Waals surface area contributed by atoms with Gasteiger partial charge in [-0.3, -0.25) is 4.79 Å². The van der Waals surface area contributed by atoms with Gasteiger partial charge in [0, 0.05) is 6.54 Å². The zero-order chi connectivity index (χ0) is 10.6. The first-order chi connectivity index (χ1) is 6.65. The van der Waals surface area contributed by atoms with Gasteiger partial charge in [0.2, 0.25) is 0 Å². The van der Waals surface area contributed by atoms with Crippen LogP contribution in [-0.4, -0.2) is 16.7 Å². The molecule has 1 rings (SSSR count). The molecule has 0 spiro atoms. The van der Waals surface area contributed by atoms with Gasteiger partial charge < -0.3 is 5.32 Å². The zero-order valence-electron chi connectivity index (χ0n) is 7.93. The minimum atomic E-state index is -0.239. The Bertz CT molecular complexity index is 386. The Morgan fingerprint density at radius 1 is 1.79 bits per heavy atom. The number of anilines is 1. The maximum atomic E-state index is 11.1. The summed E-state index contributed by atoms with van der Waals surface area (Å²) < 4.78 is 0.469. The molecule has 1 heterocycles. The fourth-order valence-electron chi connectivity index (χ4n) is 0.852. The van der Waals surface area contributed by atoms with E-state index in [1.54, 1.807) is 6.20 Å². The molecule has 0 radical (unpaired) electrons. The highest BCUT2D eigenvalue weighted by Gasteiger charge is 2.03. The molecule has 0 aromatic carbocycles. The lowest BCUT2D eigenvalue weighted by Crippen LogP contribution is -2.13. The molecular formula is C9H12BrN3O. The summed E-state index contributed by atoms with van der Waals surface area (Å²) in [5, 5.41) is 9.09. The van der Waals surface area contributed by atoms with Crippen molar-refractivity contribution in [1.82, 2.24) is 10.2 Å². The number of aromatic amines is 1. The second kappa shape index (κ2) is 4.95. The van der Waals surface area contributed by atoms with Gasteiger partial charge in [-0.2, -0.15) is 5.10 Å². The van der Waals surface area contributed by atoms with Crippen LogP contribution in [0.15, 0.2) is 27.6 Å². The van der Waals surface area contributed by atoms with Crippen LogP contribution in [0.5, 0.6) is 0 Å². The number of halogens is 1. The van der Waals surface area contributed by atoms with Crippen LogP contribution in [-0.2, 0) is 0 Å². The van der Waals surface area contributed by atoms with Crippen LogP contribution in [0.25, 0.3) is 0 Å². The van der Waals surface area contributed by atoms with Crippen LogP contribution >= 0.6 is 15.9 Å². The van der Waals surface area contributed by atoms with Gasteiger partial charge in [0.05, 0.1) is 11.9 Å². The van der Waals surface area contributed by atoms with Crippen LogP contribution in [0.3, 0.4) is 0 Å². The van der Waals surface area contributed by atoms with Gasteiger partial charge in [0.25, 0.3) is 5.56 Å². The average molecular weight is 258 g/mol. The molecule has 4 nitrogen and oxygen atoms in total. The number of H-pyrrole nitrogens is 1. The van der Waals surface area contributed by atoms with Crippen LogP contribution in [0, 0.1) is 0 Å². The van der Waals surface area contributed by atoms with Gasteiger partial charge in [0.1, 0.15) is 4.47 Å². The fourth-order valence-corrected chi connectivity index (χ4v) is 1.18. The first kappa shape index (κ1) is 11.0. The molecule has 1 aromatic heterocycles. The monoisotopic (exact) mass is 257 g/mol. The summed E-state index contributed by atoms with van der Waals surface area (Å²) in [6, 6.07) is 0. The van der Waals surface area contributed by atoms with E-state index in [0.717, 1.165) is 12.0 Å². The first-order valence-electron chi connectivity index (χ1n) is 4.28. The smallest absolute Gasteiger partial charge is 0.280 e. The Morgan fingerprint density at radius 3 is 3.14 bits per heavy atom. The molecule has 0 fully saturated rings. The highest BCUT2D eigenvalue weighted by atomic mass is 79.9.